The molecule has 0 aromatic heterocycles. The van der Waals surface area contributed by atoms with Crippen molar-refractivity contribution in [2.24, 2.45) is 5.92 Å². The molecule has 0 aromatic rings. The minimum atomic E-state index is -1.36. The van der Waals surface area contributed by atoms with E-state index in [-0.39, 0.29) is 30.3 Å². The summed E-state index contributed by atoms with van der Waals surface area (Å²) in [6, 6.07) is 0. The summed E-state index contributed by atoms with van der Waals surface area (Å²) < 4.78 is 0. The van der Waals surface area contributed by atoms with Crippen LogP contribution in [0.25, 0.3) is 5.40 Å². The molecule has 2 rings (SSSR count). The number of allylic oxidation sites excluding steroid dienone is 4. The predicted octanol–water partition coefficient (Wildman–Crippen LogP) is -0.847. The Kier molecular flexibility index (Phi) is 18.1. The zero-order valence-electron chi connectivity index (χ0n) is 13.3. The van der Waals surface area contributed by atoms with Gasteiger partial charge in [0.2, 0.25) is 0 Å². The second-order valence-electron chi connectivity index (χ2n) is 6.06. The minimum Gasteiger partial charge on any atom is -1.00 e. The first-order valence-electron chi connectivity index (χ1n) is 6.67. The van der Waals surface area contributed by atoms with Crippen molar-refractivity contribution in [2.45, 2.75) is 52.0 Å². The van der Waals surface area contributed by atoms with Crippen molar-refractivity contribution < 1.29 is 47.8 Å². The summed E-state index contributed by atoms with van der Waals surface area (Å²) in [5.74, 6) is 0.884. The van der Waals surface area contributed by atoms with Crippen molar-refractivity contribution in [3.63, 3.8) is 0 Å². The van der Waals surface area contributed by atoms with E-state index in [0.717, 1.165) is 5.92 Å². The van der Waals surface area contributed by atoms with Crippen molar-refractivity contribution in [2.75, 3.05) is 0 Å². The van der Waals surface area contributed by atoms with Gasteiger partial charge in [-0.25, -0.2) is 18.1 Å². The maximum absolute atomic E-state index is 7.08. The molecule has 0 aromatic carbocycles. The molecule has 0 heterocycles. The van der Waals surface area contributed by atoms with Crippen LogP contribution in [0.3, 0.4) is 0 Å². The van der Waals surface area contributed by atoms with Crippen LogP contribution >= 0.6 is 0 Å². The molecule has 0 radical (unpaired) electrons. The molecule has 0 spiro atoms. The fourth-order valence-corrected chi connectivity index (χ4v) is 1.66. The molecule has 0 bridgehead atoms. The van der Waals surface area contributed by atoms with Crippen LogP contribution < -0.4 is 24.8 Å². The van der Waals surface area contributed by atoms with Crippen LogP contribution in [-0.2, 0) is 23.0 Å². The van der Waals surface area contributed by atoms with Gasteiger partial charge in [-0.15, -0.1) is 18.6 Å². The van der Waals surface area contributed by atoms with Crippen molar-refractivity contribution >= 4 is 13.7 Å². The smallest absolute Gasteiger partial charge is 1.00 e. The Morgan fingerprint density at radius 2 is 1.75 bits per heavy atom. The minimum absolute atomic E-state index is 0. The van der Waals surface area contributed by atoms with E-state index in [9.17, 15) is 0 Å². The van der Waals surface area contributed by atoms with Gasteiger partial charge in [0.1, 0.15) is 0 Å². The largest absolute Gasteiger partial charge is 1.00 e. The standard InChI is InChI=1S/C9H11.C3H10NSi.C2H6Si.2ClH.Hf/c1-2-5-9-7-3-6-8(9)4-1;1-5(2,3)4;1-3-2;;;/h1-2,4,6,9H,3,5,7H2;4H,1-3H3;1-2H3;2*1H;/q2*-1;;;;+2/p-2. The van der Waals surface area contributed by atoms with Crippen LogP contribution in [0, 0.1) is 12.3 Å². The molecule has 0 saturated heterocycles. The van der Waals surface area contributed by atoms with Crippen molar-refractivity contribution in [3.05, 3.63) is 35.6 Å². The van der Waals surface area contributed by atoms with E-state index < -0.39 is 8.24 Å². The van der Waals surface area contributed by atoms with Crippen LogP contribution in [0.5, 0.6) is 0 Å². The summed E-state index contributed by atoms with van der Waals surface area (Å²) in [7, 11) is -1.36. The van der Waals surface area contributed by atoms with Gasteiger partial charge in [-0.2, -0.15) is 0 Å². The molecule has 1 N–H and O–H groups in total. The zero-order valence-corrected chi connectivity index (χ0v) is 20.4. The molecule has 1 nitrogen and oxygen atoms in total. The van der Waals surface area contributed by atoms with E-state index in [1.54, 1.807) is 5.57 Å². The Balaban J connectivity index is -0.000000232. The molecule has 0 aliphatic heterocycles. The topological polar surface area (TPSA) is 23.8 Å². The SMILES string of the molecule is C1=CCC2CC[CH-]C2=C1.C[Si](C)(C)[NH-].C[Si](C)=[Hf+2].[Cl-].[Cl-]. The summed E-state index contributed by atoms with van der Waals surface area (Å²) in [4.78, 5) is 0. The molecule has 116 valence electrons. The number of hydrogen-bond acceptors (Lipinski definition) is 0. The van der Waals surface area contributed by atoms with Crippen molar-refractivity contribution in [1.82, 2.24) is 0 Å². The number of halogens is 2. The molecule has 1 saturated carbocycles. The van der Waals surface area contributed by atoms with Gasteiger partial charge in [-0.05, 0) is 12.3 Å². The van der Waals surface area contributed by atoms with Gasteiger partial charge in [0.25, 0.3) is 0 Å². The third-order valence-corrected chi connectivity index (χ3v) is 2.21. The second kappa shape index (κ2) is 13.8. The predicted molar refractivity (Wildman–Crippen MR) is 84.0 cm³/mol. The number of rotatable bonds is 0. The molecular weight excluding hydrogens is 488 g/mol. The molecule has 1 fully saturated rings. The average molecular weight is 515 g/mol. The van der Waals surface area contributed by atoms with Gasteiger partial charge >= 0.3 is 41.6 Å². The first kappa shape index (κ1) is 26.1. The molecule has 6 heteroatoms. The van der Waals surface area contributed by atoms with Gasteiger partial charge in [0, 0.05) is 0 Å². The summed E-state index contributed by atoms with van der Waals surface area (Å²) in [5.41, 5.74) is 1.84. The van der Waals surface area contributed by atoms with Crippen molar-refractivity contribution in [3.8, 4) is 0 Å². The Labute approximate surface area is 154 Å². The first-order valence-corrected chi connectivity index (χ1v) is 18.1. The van der Waals surface area contributed by atoms with E-state index in [1.807, 2.05) is 19.6 Å². The zero-order chi connectivity index (χ0) is 14.2. The Morgan fingerprint density at radius 1 is 1.30 bits per heavy atom. The summed E-state index contributed by atoms with van der Waals surface area (Å²) in [6.07, 6.45) is 13.0. The maximum Gasteiger partial charge on any atom is -1.00 e. The summed E-state index contributed by atoms with van der Waals surface area (Å²) >= 11 is 1.45. The van der Waals surface area contributed by atoms with Crippen LogP contribution in [0.2, 0.25) is 32.7 Å². The molecule has 0 amide bonds. The monoisotopic (exact) mass is 515 g/mol. The molecule has 1 unspecified atom stereocenters. The number of hydrogen-bond donors (Lipinski definition) is 0. The van der Waals surface area contributed by atoms with Gasteiger partial charge in [0.15, 0.2) is 0 Å². The molecule has 2 aliphatic carbocycles. The van der Waals surface area contributed by atoms with E-state index in [0.29, 0.717) is 0 Å². The van der Waals surface area contributed by atoms with Gasteiger partial charge in [-0.3, -0.25) is 0 Å². The third-order valence-electron chi connectivity index (χ3n) is 2.21. The van der Waals surface area contributed by atoms with Gasteiger partial charge in [0.05, 0.1) is 0 Å². The average Bonchev–Trinajstić information content (AvgIpc) is 2.61. The third kappa shape index (κ3) is 19.2. The Bertz CT molecular complexity index is 316. The van der Waals surface area contributed by atoms with E-state index in [2.05, 4.69) is 37.7 Å². The van der Waals surface area contributed by atoms with Gasteiger partial charge in [-0.1, -0.05) is 34.3 Å². The van der Waals surface area contributed by atoms with E-state index >= 15 is 0 Å². The summed E-state index contributed by atoms with van der Waals surface area (Å²) in [6.45, 7) is 10.6. The van der Waals surface area contributed by atoms with Crippen LogP contribution in [0.4, 0.5) is 0 Å². The molecule has 1 atom stereocenters. The number of nitrogens with one attached hydrogen (secondary N) is 1. The van der Waals surface area contributed by atoms with Crippen LogP contribution in [-0.4, -0.2) is 13.7 Å². The maximum atomic E-state index is 7.08. The fourth-order valence-electron chi connectivity index (χ4n) is 1.66. The van der Waals surface area contributed by atoms with Crippen LogP contribution in [0.1, 0.15) is 19.3 Å². The van der Waals surface area contributed by atoms with E-state index in [4.69, 9.17) is 5.40 Å². The molecule has 2 aliphatic rings. The fraction of sp³-hybridized carbons (Fsp3) is 0.643. The van der Waals surface area contributed by atoms with Gasteiger partial charge < -0.3 is 30.2 Å². The number of fused-ring (bicyclic) bond motifs is 1. The molecule has 20 heavy (non-hydrogen) atoms. The first-order chi connectivity index (χ1) is 8.20. The van der Waals surface area contributed by atoms with E-state index in [1.165, 1.54) is 42.3 Å². The Hall–Kier alpha value is 1.19. The second-order valence-corrected chi connectivity index (χ2v) is 23.3. The van der Waals surface area contributed by atoms with Crippen molar-refractivity contribution in [1.29, 1.82) is 0 Å². The normalized spacial score (nSPS) is 18.4. The molecular formula is C14H27Cl2HfNSi2-2. The Morgan fingerprint density at radius 3 is 2.15 bits per heavy atom. The quantitative estimate of drug-likeness (QED) is 0.297. The summed E-state index contributed by atoms with van der Waals surface area (Å²) in [5, 5.41) is 7.08. The van der Waals surface area contributed by atoms with Crippen LogP contribution in [0.15, 0.2) is 23.8 Å².